The maximum absolute atomic E-state index is 13.2. The maximum Gasteiger partial charge on any atom is 0.243 e. The number of hydrogen-bond donors (Lipinski definition) is 0. The first-order valence-electron chi connectivity index (χ1n) is 8.36. The number of hydrogen-bond acceptors (Lipinski definition) is 4. The van der Waals surface area contributed by atoms with Crippen molar-refractivity contribution in [3.8, 4) is 5.75 Å². The number of aromatic nitrogens is 2. The van der Waals surface area contributed by atoms with E-state index >= 15 is 0 Å². The molecule has 4 rings (SSSR count). The van der Waals surface area contributed by atoms with Gasteiger partial charge >= 0.3 is 0 Å². The van der Waals surface area contributed by atoms with E-state index in [9.17, 15) is 8.42 Å². The molecule has 3 heterocycles. The largest absolute Gasteiger partial charge is 0.497 e. The van der Waals surface area contributed by atoms with Crippen LogP contribution in [0.1, 0.15) is 31.7 Å². The Kier molecular flexibility index (Phi) is 4.37. The lowest BCUT2D eigenvalue weighted by molar-refractivity contribution is 0.184. The summed E-state index contributed by atoms with van der Waals surface area (Å²) in [6.45, 7) is 0. The number of sulfonamides is 1. The van der Waals surface area contributed by atoms with Crippen LogP contribution in [0.5, 0.6) is 5.75 Å². The zero-order chi connectivity index (χ0) is 17.6. The standard InChI is InChI=1S/C17H20BrN3O3S/c1-24-16-3-2-4-17(9-16)25(22,23)21-13-5-6-14(21)8-15(7-13)20-11-12(18)10-19-20/h2-4,9-11,13-15H,5-8H2,1H3. The van der Waals surface area contributed by atoms with Crippen molar-refractivity contribution in [1.29, 1.82) is 0 Å². The number of ether oxygens (including phenoxy) is 1. The molecule has 2 aliphatic rings. The van der Waals surface area contributed by atoms with Gasteiger partial charge in [0, 0.05) is 24.3 Å². The van der Waals surface area contributed by atoms with Crippen molar-refractivity contribution in [2.45, 2.75) is 48.7 Å². The summed E-state index contributed by atoms with van der Waals surface area (Å²) in [4.78, 5) is 0.309. The molecular weight excluding hydrogens is 406 g/mol. The van der Waals surface area contributed by atoms with Crippen molar-refractivity contribution in [1.82, 2.24) is 14.1 Å². The molecule has 2 unspecified atom stereocenters. The van der Waals surface area contributed by atoms with Crippen LogP contribution in [-0.4, -0.2) is 41.7 Å². The Morgan fingerprint density at radius 2 is 1.92 bits per heavy atom. The Morgan fingerprint density at radius 3 is 2.52 bits per heavy atom. The quantitative estimate of drug-likeness (QED) is 0.753. The van der Waals surface area contributed by atoms with Gasteiger partial charge in [0.2, 0.25) is 10.0 Å². The van der Waals surface area contributed by atoms with Crippen LogP contribution >= 0.6 is 15.9 Å². The summed E-state index contributed by atoms with van der Waals surface area (Å²) in [5, 5.41) is 4.39. The van der Waals surface area contributed by atoms with Gasteiger partial charge in [-0.2, -0.15) is 9.40 Å². The van der Waals surface area contributed by atoms with Gasteiger partial charge < -0.3 is 4.74 Å². The van der Waals surface area contributed by atoms with Crippen LogP contribution in [0.4, 0.5) is 0 Å². The lowest BCUT2D eigenvalue weighted by Gasteiger charge is -2.38. The molecule has 0 aliphatic carbocycles. The van der Waals surface area contributed by atoms with E-state index in [1.165, 1.54) is 0 Å². The Bertz CT molecular complexity index is 869. The SMILES string of the molecule is COc1cccc(S(=O)(=O)N2C3CCC2CC(n2cc(Br)cn2)C3)c1. The minimum absolute atomic E-state index is 0.0305. The second kappa shape index (κ2) is 6.41. The second-order valence-electron chi connectivity index (χ2n) is 6.66. The molecule has 0 saturated carbocycles. The smallest absolute Gasteiger partial charge is 0.243 e. The van der Waals surface area contributed by atoms with Crippen molar-refractivity contribution in [3.63, 3.8) is 0 Å². The average Bonchev–Trinajstić information content (AvgIpc) is 3.16. The van der Waals surface area contributed by atoms with Crippen LogP contribution in [0, 0.1) is 0 Å². The Labute approximate surface area is 156 Å². The van der Waals surface area contributed by atoms with Crippen LogP contribution in [0.15, 0.2) is 46.0 Å². The Balaban J connectivity index is 1.62. The first-order chi connectivity index (χ1) is 12.0. The minimum Gasteiger partial charge on any atom is -0.497 e. The van der Waals surface area contributed by atoms with E-state index in [0.29, 0.717) is 10.6 Å². The fraction of sp³-hybridized carbons (Fsp3) is 0.471. The summed E-state index contributed by atoms with van der Waals surface area (Å²) in [7, 11) is -1.97. The van der Waals surface area contributed by atoms with E-state index in [1.54, 1.807) is 41.9 Å². The minimum atomic E-state index is -3.52. The van der Waals surface area contributed by atoms with Gasteiger partial charge in [0.05, 0.1) is 28.7 Å². The number of rotatable bonds is 4. The highest BCUT2D eigenvalue weighted by Crippen LogP contribution is 2.44. The number of nitrogens with zero attached hydrogens (tertiary/aromatic N) is 3. The Hall–Kier alpha value is -1.38. The van der Waals surface area contributed by atoms with Gasteiger partial charge in [0.25, 0.3) is 0 Å². The summed E-state index contributed by atoms with van der Waals surface area (Å²) in [5.41, 5.74) is 0. The molecule has 2 atom stereocenters. The number of piperidine rings is 1. The predicted molar refractivity (Wildman–Crippen MR) is 97.0 cm³/mol. The van der Waals surface area contributed by atoms with Gasteiger partial charge in [0.15, 0.2) is 0 Å². The predicted octanol–water partition coefficient (Wildman–Crippen LogP) is 3.21. The van der Waals surface area contributed by atoms with Gasteiger partial charge in [-0.1, -0.05) is 6.07 Å². The molecule has 1 aromatic carbocycles. The fourth-order valence-corrected chi connectivity index (χ4v) is 6.34. The van der Waals surface area contributed by atoms with Crippen LogP contribution in [0.3, 0.4) is 0 Å². The van der Waals surface area contributed by atoms with E-state index < -0.39 is 10.0 Å². The van der Waals surface area contributed by atoms with Crippen molar-refractivity contribution in [3.05, 3.63) is 41.1 Å². The molecule has 0 radical (unpaired) electrons. The molecule has 25 heavy (non-hydrogen) atoms. The third kappa shape index (κ3) is 3.00. The number of fused-ring (bicyclic) bond motifs is 2. The topological polar surface area (TPSA) is 64.4 Å². The van der Waals surface area contributed by atoms with Crippen molar-refractivity contribution >= 4 is 26.0 Å². The van der Waals surface area contributed by atoms with Gasteiger partial charge in [-0.05, 0) is 53.7 Å². The van der Waals surface area contributed by atoms with Gasteiger partial charge in [0.1, 0.15) is 5.75 Å². The normalized spacial score (nSPS) is 26.7. The molecule has 2 bridgehead atoms. The maximum atomic E-state index is 13.2. The highest BCUT2D eigenvalue weighted by atomic mass is 79.9. The van der Waals surface area contributed by atoms with E-state index in [1.807, 2.05) is 10.9 Å². The summed E-state index contributed by atoms with van der Waals surface area (Å²) in [6.07, 6.45) is 7.17. The Morgan fingerprint density at radius 1 is 1.20 bits per heavy atom. The highest BCUT2D eigenvalue weighted by molar-refractivity contribution is 9.10. The second-order valence-corrected chi connectivity index (χ2v) is 9.42. The van der Waals surface area contributed by atoms with E-state index in [2.05, 4.69) is 21.0 Å². The number of benzene rings is 1. The molecule has 134 valence electrons. The number of halogens is 1. The van der Waals surface area contributed by atoms with Gasteiger partial charge in [-0.25, -0.2) is 8.42 Å². The highest BCUT2D eigenvalue weighted by Gasteiger charge is 2.47. The van der Waals surface area contributed by atoms with Gasteiger partial charge in [-0.15, -0.1) is 0 Å². The van der Waals surface area contributed by atoms with Crippen LogP contribution < -0.4 is 4.74 Å². The van der Waals surface area contributed by atoms with Gasteiger partial charge in [-0.3, -0.25) is 4.68 Å². The molecule has 0 spiro atoms. The molecule has 2 saturated heterocycles. The molecule has 1 aromatic heterocycles. The monoisotopic (exact) mass is 425 g/mol. The third-order valence-electron chi connectivity index (χ3n) is 5.20. The summed E-state index contributed by atoms with van der Waals surface area (Å²) >= 11 is 3.43. The lowest BCUT2D eigenvalue weighted by Crippen LogP contribution is -2.46. The molecule has 0 N–H and O–H groups in total. The molecular formula is C17H20BrN3O3S. The van der Waals surface area contributed by atoms with E-state index in [0.717, 1.165) is 30.2 Å². The molecule has 2 aliphatic heterocycles. The van der Waals surface area contributed by atoms with E-state index in [-0.39, 0.29) is 18.1 Å². The molecule has 2 aromatic rings. The first-order valence-corrected chi connectivity index (χ1v) is 10.6. The molecule has 0 amide bonds. The summed E-state index contributed by atoms with van der Waals surface area (Å²) in [5.74, 6) is 0.560. The molecule has 8 heteroatoms. The molecule has 6 nitrogen and oxygen atoms in total. The fourth-order valence-electron chi connectivity index (χ4n) is 4.11. The van der Waals surface area contributed by atoms with Crippen molar-refractivity contribution in [2.75, 3.05) is 7.11 Å². The summed E-state index contributed by atoms with van der Waals surface area (Å²) in [6, 6.07) is 7.04. The molecule has 2 fully saturated rings. The van der Waals surface area contributed by atoms with Crippen molar-refractivity contribution in [2.24, 2.45) is 0 Å². The summed E-state index contributed by atoms with van der Waals surface area (Å²) < 4.78 is 36.2. The van der Waals surface area contributed by atoms with E-state index in [4.69, 9.17) is 4.74 Å². The lowest BCUT2D eigenvalue weighted by atomic mass is 10.00. The number of methoxy groups -OCH3 is 1. The van der Waals surface area contributed by atoms with Crippen LogP contribution in [0.2, 0.25) is 0 Å². The zero-order valence-electron chi connectivity index (χ0n) is 13.9. The first kappa shape index (κ1) is 17.1. The van der Waals surface area contributed by atoms with Crippen LogP contribution in [0.25, 0.3) is 0 Å². The third-order valence-corrected chi connectivity index (χ3v) is 7.61. The average molecular weight is 426 g/mol. The van der Waals surface area contributed by atoms with Crippen molar-refractivity contribution < 1.29 is 13.2 Å². The van der Waals surface area contributed by atoms with Crippen LogP contribution in [-0.2, 0) is 10.0 Å². The zero-order valence-corrected chi connectivity index (χ0v) is 16.3.